The van der Waals surface area contributed by atoms with E-state index in [9.17, 15) is 0 Å². The van der Waals surface area contributed by atoms with Crippen molar-refractivity contribution in [1.82, 2.24) is 4.90 Å². The van der Waals surface area contributed by atoms with Crippen molar-refractivity contribution in [3.8, 4) is 0 Å². The average molecular weight is 253 g/mol. The molecule has 1 unspecified atom stereocenters. The molecule has 0 heterocycles. The number of halogens is 1. The first-order valence-corrected chi connectivity index (χ1v) is 6.75. The molecule has 3 heteroatoms. The van der Waals surface area contributed by atoms with Crippen molar-refractivity contribution in [2.24, 2.45) is 5.73 Å². The van der Waals surface area contributed by atoms with Crippen LogP contribution in [0.15, 0.2) is 24.3 Å². The van der Waals surface area contributed by atoms with Crippen molar-refractivity contribution in [1.29, 1.82) is 0 Å². The molecule has 2 atom stereocenters. The predicted octanol–water partition coefficient (Wildman–Crippen LogP) is 2.69. The number of hydrogen-bond donors (Lipinski definition) is 1. The van der Waals surface area contributed by atoms with Gasteiger partial charge in [-0.25, -0.2) is 0 Å². The fraction of sp³-hybridized carbons (Fsp3) is 0.571. The number of nitrogens with two attached hydrogens (primary N) is 1. The molecule has 0 aliphatic heterocycles. The largest absolute Gasteiger partial charge is 0.326 e. The minimum Gasteiger partial charge on any atom is -0.326 e. The van der Waals surface area contributed by atoms with Crippen LogP contribution in [0.25, 0.3) is 0 Å². The number of benzene rings is 1. The van der Waals surface area contributed by atoms with Crippen molar-refractivity contribution in [2.75, 3.05) is 13.6 Å². The van der Waals surface area contributed by atoms with Gasteiger partial charge in [0, 0.05) is 23.7 Å². The molecule has 0 radical (unpaired) electrons. The second kappa shape index (κ2) is 5.85. The Morgan fingerprint density at radius 3 is 2.59 bits per heavy atom. The first kappa shape index (κ1) is 12.9. The quantitative estimate of drug-likeness (QED) is 0.893. The Bertz CT molecular complexity index is 350. The van der Waals surface area contributed by atoms with Gasteiger partial charge in [0.2, 0.25) is 0 Å². The highest BCUT2D eigenvalue weighted by atomic mass is 35.5. The molecule has 0 spiro atoms. The van der Waals surface area contributed by atoms with E-state index in [1.807, 2.05) is 12.1 Å². The van der Waals surface area contributed by atoms with Crippen LogP contribution in [-0.2, 0) is 6.42 Å². The van der Waals surface area contributed by atoms with E-state index >= 15 is 0 Å². The smallest absolute Gasteiger partial charge is 0.0406 e. The maximum atomic E-state index is 6.11. The highest BCUT2D eigenvalue weighted by Gasteiger charge is 2.26. The molecule has 1 saturated carbocycles. The molecule has 0 bridgehead atoms. The molecule has 2 rings (SSSR count). The van der Waals surface area contributed by atoms with Crippen molar-refractivity contribution in [3.05, 3.63) is 34.9 Å². The standard InChI is InChI=1S/C14H21ClN2/c1-17(14-4-2-3-13(14)16)10-9-11-5-7-12(15)8-6-11/h5-8,13-14H,2-4,9-10,16H2,1H3/t13?,14-/m0/s1. The normalized spacial score (nSPS) is 24.5. The molecule has 2 N–H and O–H groups in total. The van der Waals surface area contributed by atoms with Gasteiger partial charge in [0.15, 0.2) is 0 Å². The molecule has 1 aromatic carbocycles. The van der Waals surface area contributed by atoms with Crippen molar-refractivity contribution < 1.29 is 0 Å². The van der Waals surface area contributed by atoms with Gasteiger partial charge in [-0.05, 0) is 44.0 Å². The predicted molar refractivity (Wildman–Crippen MR) is 73.4 cm³/mol. The molecule has 0 amide bonds. The summed E-state index contributed by atoms with van der Waals surface area (Å²) in [6.07, 6.45) is 4.77. The fourth-order valence-electron chi connectivity index (χ4n) is 2.64. The molecule has 17 heavy (non-hydrogen) atoms. The van der Waals surface area contributed by atoms with Crippen LogP contribution in [-0.4, -0.2) is 30.6 Å². The summed E-state index contributed by atoms with van der Waals surface area (Å²) in [6.45, 7) is 1.07. The molecule has 1 aliphatic carbocycles. The summed E-state index contributed by atoms with van der Waals surface area (Å²) in [4.78, 5) is 2.41. The zero-order valence-electron chi connectivity index (χ0n) is 10.4. The summed E-state index contributed by atoms with van der Waals surface area (Å²) in [6, 6.07) is 9.05. The van der Waals surface area contributed by atoms with Gasteiger partial charge in [0.25, 0.3) is 0 Å². The van der Waals surface area contributed by atoms with E-state index in [0.717, 1.165) is 18.0 Å². The Hall–Kier alpha value is -0.570. The molecule has 1 aliphatic rings. The summed E-state index contributed by atoms with van der Waals surface area (Å²) in [7, 11) is 2.19. The summed E-state index contributed by atoms with van der Waals surface area (Å²) in [5.74, 6) is 0. The second-order valence-electron chi connectivity index (χ2n) is 5.02. The van der Waals surface area contributed by atoms with E-state index < -0.39 is 0 Å². The van der Waals surface area contributed by atoms with E-state index in [2.05, 4.69) is 24.1 Å². The maximum Gasteiger partial charge on any atom is 0.0406 e. The number of hydrogen-bond acceptors (Lipinski definition) is 2. The second-order valence-corrected chi connectivity index (χ2v) is 5.46. The Morgan fingerprint density at radius 1 is 1.29 bits per heavy atom. The van der Waals surface area contributed by atoms with E-state index in [4.69, 9.17) is 17.3 Å². The third-order valence-corrected chi connectivity index (χ3v) is 4.02. The van der Waals surface area contributed by atoms with E-state index in [0.29, 0.717) is 12.1 Å². The van der Waals surface area contributed by atoms with E-state index in [1.165, 1.54) is 24.8 Å². The van der Waals surface area contributed by atoms with Gasteiger partial charge >= 0.3 is 0 Å². The molecule has 0 aromatic heterocycles. The Balaban J connectivity index is 1.83. The molecular formula is C14H21ClN2. The van der Waals surface area contributed by atoms with Crippen LogP contribution in [0.5, 0.6) is 0 Å². The number of nitrogens with zero attached hydrogens (tertiary/aromatic N) is 1. The minimum absolute atomic E-state index is 0.366. The van der Waals surface area contributed by atoms with Crippen LogP contribution in [0.3, 0.4) is 0 Å². The number of rotatable bonds is 4. The molecular weight excluding hydrogens is 232 g/mol. The lowest BCUT2D eigenvalue weighted by atomic mass is 10.1. The minimum atomic E-state index is 0.366. The van der Waals surface area contributed by atoms with Crippen LogP contribution in [0, 0.1) is 0 Å². The first-order valence-electron chi connectivity index (χ1n) is 6.37. The third kappa shape index (κ3) is 3.44. The van der Waals surface area contributed by atoms with Crippen molar-refractivity contribution in [2.45, 2.75) is 37.8 Å². The first-order chi connectivity index (χ1) is 8.16. The Labute approximate surface area is 109 Å². The topological polar surface area (TPSA) is 29.3 Å². The van der Waals surface area contributed by atoms with Gasteiger partial charge in [0.05, 0.1) is 0 Å². The summed E-state index contributed by atoms with van der Waals surface area (Å²) in [5, 5.41) is 0.805. The monoisotopic (exact) mass is 252 g/mol. The SMILES string of the molecule is CN(CCc1ccc(Cl)cc1)[C@H]1CCCC1N. The Morgan fingerprint density at radius 2 is 2.00 bits per heavy atom. The van der Waals surface area contributed by atoms with Crippen LogP contribution in [0.2, 0.25) is 5.02 Å². The Kier molecular flexibility index (Phi) is 4.43. The fourth-order valence-corrected chi connectivity index (χ4v) is 2.76. The lowest BCUT2D eigenvalue weighted by Gasteiger charge is -2.27. The van der Waals surface area contributed by atoms with Crippen LogP contribution in [0.1, 0.15) is 24.8 Å². The van der Waals surface area contributed by atoms with Gasteiger partial charge in [0.1, 0.15) is 0 Å². The third-order valence-electron chi connectivity index (χ3n) is 3.76. The average Bonchev–Trinajstić information content (AvgIpc) is 2.74. The molecule has 1 fully saturated rings. The van der Waals surface area contributed by atoms with Gasteiger partial charge in [-0.2, -0.15) is 0 Å². The highest BCUT2D eigenvalue weighted by Crippen LogP contribution is 2.22. The van der Waals surface area contributed by atoms with Crippen molar-refractivity contribution in [3.63, 3.8) is 0 Å². The molecule has 0 saturated heterocycles. The number of likely N-dealkylation sites (N-methyl/N-ethyl adjacent to an activating group) is 1. The van der Waals surface area contributed by atoms with Crippen LogP contribution < -0.4 is 5.73 Å². The summed E-state index contributed by atoms with van der Waals surface area (Å²) < 4.78 is 0. The zero-order valence-corrected chi connectivity index (χ0v) is 11.2. The van der Waals surface area contributed by atoms with Gasteiger partial charge in [-0.3, -0.25) is 0 Å². The maximum absolute atomic E-state index is 6.11. The highest BCUT2D eigenvalue weighted by molar-refractivity contribution is 6.30. The van der Waals surface area contributed by atoms with E-state index in [1.54, 1.807) is 0 Å². The lowest BCUT2D eigenvalue weighted by molar-refractivity contribution is 0.231. The molecule has 1 aromatic rings. The zero-order chi connectivity index (χ0) is 12.3. The molecule has 94 valence electrons. The van der Waals surface area contributed by atoms with Gasteiger partial charge in [-0.15, -0.1) is 0 Å². The molecule has 2 nitrogen and oxygen atoms in total. The van der Waals surface area contributed by atoms with Gasteiger partial charge in [-0.1, -0.05) is 30.2 Å². The lowest BCUT2D eigenvalue weighted by Crippen LogP contribution is -2.42. The van der Waals surface area contributed by atoms with Crippen LogP contribution in [0.4, 0.5) is 0 Å². The van der Waals surface area contributed by atoms with E-state index in [-0.39, 0.29) is 0 Å². The van der Waals surface area contributed by atoms with Gasteiger partial charge < -0.3 is 10.6 Å². The van der Waals surface area contributed by atoms with Crippen LogP contribution >= 0.6 is 11.6 Å². The van der Waals surface area contributed by atoms with Crippen molar-refractivity contribution >= 4 is 11.6 Å². The summed E-state index contributed by atoms with van der Waals surface area (Å²) >= 11 is 5.87. The summed E-state index contributed by atoms with van der Waals surface area (Å²) in [5.41, 5.74) is 7.45.